The van der Waals surface area contributed by atoms with Gasteiger partial charge in [-0.3, -0.25) is 9.69 Å². The summed E-state index contributed by atoms with van der Waals surface area (Å²) < 4.78 is 5.35. The largest absolute Gasteiger partial charge is 0.380 e. The van der Waals surface area contributed by atoms with E-state index in [1.165, 1.54) is 0 Å². The number of nitrogens with zero attached hydrogens (tertiary/aromatic N) is 2. The molecule has 1 aliphatic heterocycles. The van der Waals surface area contributed by atoms with E-state index in [2.05, 4.69) is 10.2 Å². The Balaban J connectivity index is 0. The Morgan fingerprint density at radius 1 is 1.25 bits per heavy atom. The predicted molar refractivity (Wildman–Crippen MR) is 87.1 cm³/mol. The number of rotatable bonds is 7. The van der Waals surface area contributed by atoms with Crippen molar-refractivity contribution in [1.29, 1.82) is 0 Å². The zero-order chi connectivity index (χ0) is 13.4. The van der Waals surface area contributed by atoms with Crippen molar-refractivity contribution in [3.63, 3.8) is 0 Å². The molecule has 0 aromatic heterocycles. The third-order valence-corrected chi connectivity index (χ3v) is 3.37. The van der Waals surface area contributed by atoms with Gasteiger partial charge in [-0.25, -0.2) is 0 Å². The summed E-state index contributed by atoms with van der Waals surface area (Å²) in [6.45, 7) is 10.9. The van der Waals surface area contributed by atoms with E-state index < -0.39 is 0 Å². The van der Waals surface area contributed by atoms with Gasteiger partial charge in [0.1, 0.15) is 0 Å². The molecule has 1 aliphatic rings. The summed E-state index contributed by atoms with van der Waals surface area (Å²) in [5, 5.41) is 3.06. The molecule has 1 unspecified atom stereocenters. The van der Waals surface area contributed by atoms with Gasteiger partial charge < -0.3 is 15.0 Å². The second kappa shape index (κ2) is 12.7. The SMILES string of the molecule is CCOCCN1CCN(C(=O)C(C)CNC)CC1.Cl.Cl. The normalized spacial score (nSPS) is 17.1. The third kappa shape index (κ3) is 7.64. The number of ether oxygens (including phenoxy) is 1. The Hall–Kier alpha value is -0.0700. The van der Waals surface area contributed by atoms with E-state index in [0.29, 0.717) is 0 Å². The van der Waals surface area contributed by atoms with Crippen molar-refractivity contribution in [2.45, 2.75) is 13.8 Å². The van der Waals surface area contributed by atoms with Crippen LogP contribution in [0.5, 0.6) is 0 Å². The van der Waals surface area contributed by atoms with Crippen LogP contribution in [-0.2, 0) is 9.53 Å². The van der Waals surface area contributed by atoms with Crippen molar-refractivity contribution in [2.24, 2.45) is 5.92 Å². The Kier molecular flexibility index (Phi) is 14.1. The highest BCUT2D eigenvalue weighted by Crippen LogP contribution is 2.07. The van der Waals surface area contributed by atoms with Crippen LogP contribution in [0.2, 0.25) is 0 Å². The van der Waals surface area contributed by atoms with Gasteiger partial charge in [-0.15, -0.1) is 24.8 Å². The molecule has 1 rings (SSSR count). The number of carbonyl (C=O) groups is 1. The first kappa shape index (κ1) is 22.2. The number of halogens is 2. The lowest BCUT2D eigenvalue weighted by Crippen LogP contribution is -2.51. The molecule has 1 N–H and O–H groups in total. The summed E-state index contributed by atoms with van der Waals surface area (Å²) in [6.07, 6.45) is 0. The topological polar surface area (TPSA) is 44.8 Å². The van der Waals surface area contributed by atoms with Gasteiger partial charge in [-0.2, -0.15) is 0 Å². The molecule has 0 bridgehead atoms. The highest BCUT2D eigenvalue weighted by molar-refractivity contribution is 5.85. The van der Waals surface area contributed by atoms with Crippen LogP contribution in [-0.4, -0.2) is 75.2 Å². The maximum atomic E-state index is 12.1. The Labute approximate surface area is 135 Å². The molecule has 0 aromatic rings. The Morgan fingerprint density at radius 3 is 2.35 bits per heavy atom. The standard InChI is InChI=1S/C13H27N3O2.2ClH/c1-4-18-10-9-15-5-7-16(8-6-15)13(17)12(2)11-14-3;;/h12,14H,4-11H2,1-3H3;2*1H. The van der Waals surface area contributed by atoms with Crippen molar-refractivity contribution < 1.29 is 9.53 Å². The van der Waals surface area contributed by atoms with E-state index in [1.807, 2.05) is 25.8 Å². The summed E-state index contributed by atoms with van der Waals surface area (Å²) in [5.74, 6) is 0.346. The van der Waals surface area contributed by atoms with Gasteiger partial charge in [0.25, 0.3) is 0 Å². The molecule has 1 heterocycles. The van der Waals surface area contributed by atoms with E-state index in [0.717, 1.165) is 52.5 Å². The zero-order valence-electron chi connectivity index (χ0n) is 12.8. The minimum absolute atomic E-state index is 0. The first-order valence-corrected chi connectivity index (χ1v) is 6.92. The van der Waals surface area contributed by atoms with E-state index >= 15 is 0 Å². The average molecular weight is 330 g/mol. The third-order valence-electron chi connectivity index (χ3n) is 3.37. The van der Waals surface area contributed by atoms with Crippen LogP contribution < -0.4 is 5.32 Å². The molecule has 1 fully saturated rings. The van der Waals surface area contributed by atoms with Crippen molar-refractivity contribution in [3.8, 4) is 0 Å². The molecule has 0 spiro atoms. The summed E-state index contributed by atoms with van der Waals surface area (Å²) in [6, 6.07) is 0. The molecule has 0 radical (unpaired) electrons. The predicted octanol–water partition coefficient (Wildman–Crippen LogP) is 0.866. The van der Waals surface area contributed by atoms with Crippen molar-refractivity contribution >= 4 is 30.7 Å². The summed E-state index contributed by atoms with van der Waals surface area (Å²) in [7, 11) is 1.88. The fraction of sp³-hybridized carbons (Fsp3) is 0.923. The first-order chi connectivity index (χ1) is 8.69. The van der Waals surface area contributed by atoms with Crippen LogP contribution in [0.4, 0.5) is 0 Å². The quantitative estimate of drug-likeness (QED) is 0.704. The molecule has 20 heavy (non-hydrogen) atoms. The first-order valence-electron chi connectivity index (χ1n) is 6.92. The number of nitrogens with one attached hydrogen (secondary N) is 1. The minimum atomic E-state index is 0. The zero-order valence-corrected chi connectivity index (χ0v) is 14.4. The van der Waals surface area contributed by atoms with Crippen molar-refractivity contribution in [3.05, 3.63) is 0 Å². The number of hydrogen-bond acceptors (Lipinski definition) is 4. The van der Waals surface area contributed by atoms with Gasteiger partial charge in [0.05, 0.1) is 6.61 Å². The van der Waals surface area contributed by atoms with Crippen LogP contribution in [0.25, 0.3) is 0 Å². The van der Waals surface area contributed by atoms with Gasteiger partial charge in [-0.05, 0) is 14.0 Å². The second-order valence-corrected chi connectivity index (χ2v) is 4.82. The van der Waals surface area contributed by atoms with Gasteiger partial charge in [-0.1, -0.05) is 6.92 Å². The Bertz CT molecular complexity index is 250. The van der Waals surface area contributed by atoms with Crippen LogP contribution in [0.15, 0.2) is 0 Å². The molecule has 1 amide bonds. The lowest BCUT2D eigenvalue weighted by Gasteiger charge is -2.35. The average Bonchev–Trinajstić information content (AvgIpc) is 2.39. The highest BCUT2D eigenvalue weighted by Gasteiger charge is 2.24. The summed E-state index contributed by atoms with van der Waals surface area (Å²) >= 11 is 0. The minimum Gasteiger partial charge on any atom is -0.380 e. The molecular formula is C13H29Cl2N3O2. The molecule has 0 aliphatic carbocycles. The molecule has 1 saturated heterocycles. The number of piperazine rings is 1. The molecule has 122 valence electrons. The molecule has 5 nitrogen and oxygen atoms in total. The van der Waals surface area contributed by atoms with Gasteiger partial charge in [0.15, 0.2) is 0 Å². The van der Waals surface area contributed by atoms with E-state index in [-0.39, 0.29) is 36.6 Å². The number of carbonyl (C=O) groups excluding carboxylic acids is 1. The maximum absolute atomic E-state index is 12.1. The lowest BCUT2D eigenvalue weighted by atomic mass is 10.1. The van der Waals surface area contributed by atoms with E-state index in [4.69, 9.17) is 4.74 Å². The molecule has 7 heteroatoms. The maximum Gasteiger partial charge on any atom is 0.226 e. The van der Waals surface area contributed by atoms with E-state index in [9.17, 15) is 4.79 Å². The van der Waals surface area contributed by atoms with Crippen molar-refractivity contribution in [2.75, 3.05) is 59.5 Å². The van der Waals surface area contributed by atoms with Gasteiger partial charge in [0, 0.05) is 51.8 Å². The van der Waals surface area contributed by atoms with Crippen LogP contribution in [0.3, 0.4) is 0 Å². The van der Waals surface area contributed by atoms with E-state index in [1.54, 1.807) is 0 Å². The monoisotopic (exact) mass is 329 g/mol. The summed E-state index contributed by atoms with van der Waals surface area (Å²) in [4.78, 5) is 16.4. The summed E-state index contributed by atoms with van der Waals surface area (Å²) in [5.41, 5.74) is 0. The van der Waals surface area contributed by atoms with Crippen LogP contribution in [0, 0.1) is 5.92 Å². The fourth-order valence-corrected chi connectivity index (χ4v) is 2.24. The Morgan fingerprint density at radius 2 is 1.85 bits per heavy atom. The lowest BCUT2D eigenvalue weighted by molar-refractivity contribution is -0.136. The number of hydrogen-bond donors (Lipinski definition) is 1. The van der Waals surface area contributed by atoms with Crippen LogP contribution in [0.1, 0.15) is 13.8 Å². The van der Waals surface area contributed by atoms with Gasteiger partial charge >= 0.3 is 0 Å². The molecular weight excluding hydrogens is 301 g/mol. The fourth-order valence-electron chi connectivity index (χ4n) is 2.24. The smallest absolute Gasteiger partial charge is 0.226 e. The molecule has 0 aromatic carbocycles. The van der Waals surface area contributed by atoms with Gasteiger partial charge in [0.2, 0.25) is 5.91 Å². The second-order valence-electron chi connectivity index (χ2n) is 4.82. The van der Waals surface area contributed by atoms with Crippen molar-refractivity contribution in [1.82, 2.24) is 15.1 Å². The van der Waals surface area contributed by atoms with Crippen LogP contribution >= 0.6 is 24.8 Å². The number of amides is 1. The molecule has 0 saturated carbocycles. The molecule has 1 atom stereocenters. The highest BCUT2D eigenvalue weighted by atomic mass is 35.5.